The first kappa shape index (κ1) is 20.0. The van der Waals surface area contributed by atoms with Gasteiger partial charge in [0.2, 0.25) is 10.0 Å². The van der Waals surface area contributed by atoms with Crippen LogP contribution in [0.15, 0.2) is 35.2 Å². The molecule has 0 spiro atoms. The van der Waals surface area contributed by atoms with Gasteiger partial charge in [-0.2, -0.15) is 4.31 Å². The maximum atomic E-state index is 12.8. The molecular formula is C16H18ClN3O5S2. The molecule has 1 aliphatic heterocycles. The molecular weight excluding hydrogens is 414 g/mol. The third-order valence-corrected chi connectivity index (χ3v) is 7.30. The maximum absolute atomic E-state index is 12.8. The standard InChI is InChI=1S/C16H18ClN3O5S2/c1-18(11-12-2-5-16(17)26-12)14-4-3-13(10-15(14)20(21)22)27(23,24)19-6-8-25-9-7-19/h2-5,10H,6-9,11H2,1H3. The van der Waals surface area contributed by atoms with Crippen molar-refractivity contribution in [1.82, 2.24) is 4.31 Å². The molecule has 0 saturated carbocycles. The molecule has 1 aromatic heterocycles. The summed E-state index contributed by atoms with van der Waals surface area (Å²) in [5.41, 5.74) is 0.0833. The predicted octanol–water partition coefficient (Wildman–Crippen LogP) is 2.97. The summed E-state index contributed by atoms with van der Waals surface area (Å²) < 4.78 is 32.6. The van der Waals surface area contributed by atoms with Crippen LogP contribution in [0.1, 0.15) is 4.88 Å². The van der Waals surface area contributed by atoms with Gasteiger partial charge in [-0.15, -0.1) is 11.3 Å². The SMILES string of the molecule is CN(Cc1ccc(Cl)s1)c1ccc(S(=O)(=O)N2CCOCC2)cc1[N+](=O)[O-]. The second-order valence-corrected chi connectivity index (χ2v) is 9.72. The Hall–Kier alpha value is -1.72. The Kier molecular flexibility index (Phi) is 6.02. The summed E-state index contributed by atoms with van der Waals surface area (Å²) in [7, 11) is -2.09. The van der Waals surface area contributed by atoms with Crippen LogP contribution in [-0.2, 0) is 21.3 Å². The minimum absolute atomic E-state index is 0.0904. The molecule has 3 rings (SSSR count). The zero-order valence-corrected chi connectivity index (χ0v) is 16.9. The minimum Gasteiger partial charge on any atom is -0.379 e. The average molecular weight is 432 g/mol. The average Bonchev–Trinajstić information content (AvgIpc) is 3.06. The highest BCUT2D eigenvalue weighted by Crippen LogP contribution is 2.33. The van der Waals surface area contributed by atoms with E-state index < -0.39 is 14.9 Å². The van der Waals surface area contributed by atoms with Crippen molar-refractivity contribution >= 4 is 44.3 Å². The number of anilines is 1. The molecule has 0 bridgehead atoms. The van der Waals surface area contributed by atoms with E-state index in [-0.39, 0.29) is 23.7 Å². The quantitative estimate of drug-likeness (QED) is 0.515. The molecule has 0 N–H and O–H groups in total. The van der Waals surface area contributed by atoms with Gasteiger partial charge in [0, 0.05) is 31.1 Å². The van der Waals surface area contributed by atoms with Crippen LogP contribution in [0.4, 0.5) is 11.4 Å². The summed E-state index contributed by atoms with van der Waals surface area (Å²) in [6, 6.07) is 7.62. The number of sulfonamides is 1. The second kappa shape index (κ2) is 8.11. The molecule has 8 nitrogen and oxygen atoms in total. The lowest BCUT2D eigenvalue weighted by molar-refractivity contribution is -0.384. The predicted molar refractivity (Wildman–Crippen MR) is 104 cm³/mol. The van der Waals surface area contributed by atoms with Crippen molar-refractivity contribution < 1.29 is 18.1 Å². The van der Waals surface area contributed by atoms with Crippen molar-refractivity contribution in [3.63, 3.8) is 0 Å². The van der Waals surface area contributed by atoms with Gasteiger partial charge in [0.15, 0.2) is 0 Å². The molecule has 2 aromatic rings. The first-order chi connectivity index (χ1) is 12.8. The number of benzene rings is 1. The topological polar surface area (TPSA) is 93.0 Å². The number of nitro groups is 1. The van der Waals surface area contributed by atoms with Crippen molar-refractivity contribution in [1.29, 1.82) is 0 Å². The van der Waals surface area contributed by atoms with E-state index in [1.165, 1.54) is 27.8 Å². The summed E-state index contributed by atoms with van der Waals surface area (Å²) in [4.78, 5) is 13.6. The van der Waals surface area contributed by atoms with E-state index in [9.17, 15) is 18.5 Å². The van der Waals surface area contributed by atoms with Crippen LogP contribution in [0.25, 0.3) is 0 Å². The lowest BCUT2D eigenvalue weighted by Crippen LogP contribution is -2.40. The molecule has 2 heterocycles. The van der Waals surface area contributed by atoms with E-state index in [4.69, 9.17) is 16.3 Å². The first-order valence-electron chi connectivity index (χ1n) is 8.11. The van der Waals surface area contributed by atoms with Gasteiger partial charge in [0.25, 0.3) is 5.69 Å². The van der Waals surface area contributed by atoms with Gasteiger partial charge >= 0.3 is 0 Å². The highest BCUT2D eigenvalue weighted by atomic mass is 35.5. The van der Waals surface area contributed by atoms with E-state index in [1.54, 1.807) is 18.0 Å². The molecule has 1 fully saturated rings. The lowest BCUT2D eigenvalue weighted by Gasteiger charge is -2.26. The Bertz CT molecular complexity index is 941. The summed E-state index contributed by atoms with van der Waals surface area (Å²) in [5, 5.41) is 11.6. The van der Waals surface area contributed by atoms with Crippen LogP contribution >= 0.6 is 22.9 Å². The fourth-order valence-electron chi connectivity index (χ4n) is 2.82. The van der Waals surface area contributed by atoms with E-state index in [0.29, 0.717) is 29.8 Å². The lowest BCUT2D eigenvalue weighted by atomic mass is 10.2. The van der Waals surface area contributed by atoms with Gasteiger partial charge in [-0.1, -0.05) is 11.6 Å². The molecule has 27 heavy (non-hydrogen) atoms. The van der Waals surface area contributed by atoms with Crippen molar-refractivity contribution in [3.05, 3.63) is 49.7 Å². The van der Waals surface area contributed by atoms with Gasteiger partial charge in [0.1, 0.15) is 5.69 Å². The molecule has 11 heteroatoms. The molecule has 1 saturated heterocycles. The van der Waals surface area contributed by atoms with Crippen LogP contribution in [0.3, 0.4) is 0 Å². The third kappa shape index (κ3) is 4.41. The van der Waals surface area contributed by atoms with Gasteiger partial charge in [-0.05, 0) is 24.3 Å². The van der Waals surface area contributed by atoms with Crippen LogP contribution in [0.5, 0.6) is 0 Å². The van der Waals surface area contributed by atoms with Crippen molar-refractivity contribution in [2.75, 3.05) is 38.3 Å². The smallest absolute Gasteiger partial charge is 0.293 e. The number of nitro benzene ring substituents is 1. The normalized spacial score (nSPS) is 15.6. The first-order valence-corrected chi connectivity index (χ1v) is 10.7. The third-order valence-electron chi connectivity index (χ3n) is 4.18. The molecule has 1 aromatic carbocycles. The van der Waals surface area contributed by atoms with Crippen molar-refractivity contribution in [2.24, 2.45) is 0 Å². The number of rotatable bonds is 6. The molecule has 146 valence electrons. The van der Waals surface area contributed by atoms with Crippen LogP contribution in [-0.4, -0.2) is 51.0 Å². The van der Waals surface area contributed by atoms with E-state index in [2.05, 4.69) is 0 Å². The Morgan fingerprint density at radius 3 is 2.59 bits per heavy atom. The Balaban J connectivity index is 1.91. The second-order valence-electron chi connectivity index (χ2n) is 5.99. The number of morpholine rings is 1. The summed E-state index contributed by atoms with van der Waals surface area (Å²) >= 11 is 7.32. The molecule has 0 amide bonds. The van der Waals surface area contributed by atoms with Crippen molar-refractivity contribution in [3.8, 4) is 0 Å². The van der Waals surface area contributed by atoms with Gasteiger partial charge in [0.05, 0.1) is 33.9 Å². The molecule has 0 aliphatic carbocycles. The Morgan fingerprint density at radius 1 is 1.30 bits per heavy atom. The number of hydrogen-bond donors (Lipinski definition) is 0. The van der Waals surface area contributed by atoms with Crippen LogP contribution < -0.4 is 4.90 Å². The van der Waals surface area contributed by atoms with Crippen molar-refractivity contribution in [2.45, 2.75) is 11.4 Å². The number of nitrogens with zero attached hydrogens (tertiary/aromatic N) is 3. The molecule has 0 radical (unpaired) electrons. The summed E-state index contributed by atoms with van der Waals surface area (Å²) in [5.74, 6) is 0. The Labute approximate surface area is 166 Å². The zero-order chi connectivity index (χ0) is 19.6. The van der Waals surface area contributed by atoms with E-state index >= 15 is 0 Å². The Morgan fingerprint density at radius 2 is 2.00 bits per heavy atom. The van der Waals surface area contributed by atoms with E-state index in [0.717, 1.165) is 10.9 Å². The van der Waals surface area contributed by atoms with Gasteiger partial charge < -0.3 is 9.64 Å². The largest absolute Gasteiger partial charge is 0.379 e. The van der Waals surface area contributed by atoms with Gasteiger partial charge in [-0.3, -0.25) is 10.1 Å². The monoisotopic (exact) mass is 431 g/mol. The number of ether oxygens (including phenoxy) is 1. The fourth-order valence-corrected chi connectivity index (χ4v) is 5.39. The number of thiophene rings is 1. The molecule has 0 atom stereocenters. The maximum Gasteiger partial charge on any atom is 0.293 e. The summed E-state index contributed by atoms with van der Waals surface area (Å²) in [6.07, 6.45) is 0. The zero-order valence-electron chi connectivity index (χ0n) is 14.5. The van der Waals surface area contributed by atoms with Gasteiger partial charge in [-0.25, -0.2) is 8.42 Å². The highest BCUT2D eigenvalue weighted by molar-refractivity contribution is 7.89. The number of halogens is 1. The van der Waals surface area contributed by atoms with E-state index in [1.807, 2.05) is 6.07 Å². The number of hydrogen-bond acceptors (Lipinski definition) is 7. The van der Waals surface area contributed by atoms with Crippen LogP contribution in [0, 0.1) is 10.1 Å². The molecule has 0 unspecified atom stereocenters. The highest BCUT2D eigenvalue weighted by Gasteiger charge is 2.29. The summed E-state index contributed by atoms with van der Waals surface area (Å²) in [6.45, 7) is 1.51. The fraction of sp³-hybridized carbons (Fsp3) is 0.375. The molecule has 1 aliphatic rings. The minimum atomic E-state index is -3.80. The van der Waals surface area contributed by atoms with Crippen LogP contribution in [0.2, 0.25) is 4.34 Å².